The predicted octanol–water partition coefficient (Wildman–Crippen LogP) is 2.44. The van der Waals surface area contributed by atoms with Crippen LogP contribution >= 0.6 is 23.1 Å². The van der Waals surface area contributed by atoms with Crippen LogP contribution < -0.4 is 21.3 Å². The van der Waals surface area contributed by atoms with E-state index in [9.17, 15) is 29.1 Å². The fourth-order valence-electron chi connectivity index (χ4n) is 4.42. The van der Waals surface area contributed by atoms with E-state index in [0.29, 0.717) is 39.8 Å². The third-order valence-electron chi connectivity index (χ3n) is 6.82. The first-order chi connectivity index (χ1) is 22.6. The number of thioether (sulfide) groups is 1. The minimum Gasteiger partial charge on any atom is -0.480 e. The second-order valence-corrected chi connectivity index (χ2v) is 12.9. The van der Waals surface area contributed by atoms with E-state index < -0.39 is 41.9 Å². The summed E-state index contributed by atoms with van der Waals surface area (Å²) < 4.78 is 5.90. The average molecular weight is 684 g/mol. The number of ether oxygens (including phenoxy) is 1. The lowest BCUT2D eigenvalue weighted by Gasteiger charge is -2.19. The number of unbranched alkanes of at least 4 members (excludes halogenated alkanes) is 1. The Morgan fingerprint density at radius 3 is 2.51 bits per heavy atom. The van der Waals surface area contributed by atoms with Crippen molar-refractivity contribution in [2.75, 3.05) is 44.8 Å². The maximum atomic E-state index is 13.0. The van der Waals surface area contributed by atoms with Gasteiger partial charge in [0.2, 0.25) is 17.7 Å². The second kappa shape index (κ2) is 17.4. The van der Waals surface area contributed by atoms with Gasteiger partial charge < -0.3 is 36.0 Å². The standard InChI is InChI=1S/C31H37N7O7S2/c1-38(2)13-7-6-10-22(35-26(40)16-33-31(44)45-17-19-8-4-3-5-9-19)27(41)32-15-25(39)34-20-11-12-21-24(14-20)47-29(36-21)28-37-23(18-46-28)30(42)43/h3-5,8-9,11-12,14,22-23H,6-7,10,13,15-18H2,1-2H3,(H,32,41)(H,33,44)(H,34,39)(H,35,40)(H,42,43). The Morgan fingerprint density at radius 2 is 1.79 bits per heavy atom. The molecule has 250 valence electrons. The predicted molar refractivity (Wildman–Crippen MR) is 181 cm³/mol. The maximum absolute atomic E-state index is 13.0. The molecule has 0 saturated heterocycles. The van der Waals surface area contributed by atoms with Gasteiger partial charge in [0.25, 0.3) is 0 Å². The normalized spacial score (nSPS) is 14.7. The van der Waals surface area contributed by atoms with Gasteiger partial charge in [-0.15, -0.1) is 23.1 Å². The summed E-state index contributed by atoms with van der Waals surface area (Å²) in [4.78, 5) is 72.4. The number of rotatable bonds is 16. The molecule has 0 radical (unpaired) electrons. The maximum Gasteiger partial charge on any atom is 0.407 e. The topological polar surface area (TPSA) is 191 Å². The van der Waals surface area contributed by atoms with Crippen LogP contribution in [0, 0.1) is 0 Å². The van der Waals surface area contributed by atoms with E-state index in [1.807, 2.05) is 49.3 Å². The fourth-order valence-corrected chi connectivity index (χ4v) is 6.53. The summed E-state index contributed by atoms with van der Waals surface area (Å²) in [5, 5.41) is 20.8. The van der Waals surface area contributed by atoms with Crippen molar-refractivity contribution in [3.05, 3.63) is 59.1 Å². The molecule has 0 fully saturated rings. The smallest absolute Gasteiger partial charge is 0.407 e. The molecule has 3 aromatic rings. The monoisotopic (exact) mass is 683 g/mol. The number of carboxylic acid groups (broad SMARTS) is 1. The van der Waals surface area contributed by atoms with Gasteiger partial charge in [-0.05, 0) is 63.7 Å². The van der Waals surface area contributed by atoms with E-state index in [0.717, 1.165) is 23.2 Å². The SMILES string of the molecule is CN(C)CCCCC(NC(=O)CNC(=O)OCc1ccccc1)C(=O)NCC(=O)Nc1ccc2nc(C3=NC(C(=O)O)CS3)sc2c1. The van der Waals surface area contributed by atoms with Crippen molar-refractivity contribution in [2.24, 2.45) is 4.99 Å². The molecule has 0 saturated carbocycles. The van der Waals surface area contributed by atoms with E-state index in [1.165, 1.54) is 23.1 Å². The van der Waals surface area contributed by atoms with Crippen LogP contribution in [0.2, 0.25) is 0 Å². The number of aromatic nitrogens is 1. The average Bonchev–Trinajstić information content (AvgIpc) is 3.71. The highest BCUT2D eigenvalue weighted by Crippen LogP contribution is 2.31. The molecule has 5 N–H and O–H groups in total. The molecular weight excluding hydrogens is 647 g/mol. The molecule has 0 aliphatic carbocycles. The van der Waals surface area contributed by atoms with Crippen LogP contribution in [0.5, 0.6) is 0 Å². The summed E-state index contributed by atoms with van der Waals surface area (Å²) in [7, 11) is 3.89. The van der Waals surface area contributed by atoms with Crippen molar-refractivity contribution in [3.8, 4) is 0 Å². The Kier molecular flexibility index (Phi) is 13.1. The van der Waals surface area contributed by atoms with Crippen molar-refractivity contribution < 1.29 is 33.8 Å². The molecule has 0 spiro atoms. The molecule has 0 bridgehead atoms. The number of amides is 4. The van der Waals surface area contributed by atoms with Crippen LogP contribution in [0.4, 0.5) is 10.5 Å². The number of thiazole rings is 1. The summed E-state index contributed by atoms with van der Waals surface area (Å²) in [6, 6.07) is 12.6. The van der Waals surface area contributed by atoms with Crippen molar-refractivity contribution in [3.63, 3.8) is 0 Å². The van der Waals surface area contributed by atoms with Crippen molar-refractivity contribution in [1.82, 2.24) is 25.8 Å². The number of carboxylic acids is 1. The molecule has 1 aliphatic rings. The van der Waals surface area contributed by atoms with Crippen LogP contribution in [0.3, 0.4) is 0 Å². The Morgan fingerprint density at radius 1 is 1.02 bits per heavy atom. The van der Waals surface area contributed by atoms with Gasteiger partial charge in [0.05, 0.1) is 16.8 Å². The summed E-state index contributed by atoms with van der Waals surface area (Å²) in [6.07, 6.45) is 1.02. The fraction of sp³-hybridized carbons (Fsp3) is 0.387. The molecular formula is C31H37N7O7S2. The Labute approximate surface area is 279 Å². The molecule has 47 heavy (non-hydrogen) atoms. The number of carbonyl (C=O) groups excluding carboxylic acids is 4. The van der Waals surface area contributed by atoms with Gasteiger partial charge in [-0.3, -0.25) is 19.4 Å². The van der Waals surface area contributed by atoms with E-state index in [4.69, 9.17) is 4.74 Å². The minimum atomic E-state index is -0.975. The number of anilines is 1. The Hall–Kier alpha value is -4.54. The van der Waals surface area contributed by atoms with Gasteiger partial charge in [0, 0.05) is 11.4 Å². The molecule has 4 rings (SSSR count). The first-order valence-corrected chi connectivity index (χ1v) is 16.7. The van der Waals surface area contributed by atoms with E-state index >= 15 is 0 Å². The highest BCUT2D eigenvalue weighted by Gasteiger charge is 2.27. The second-order valence-electron chi connectivity index (χ2n) is 10.9. The van der Waals surface area contributed by atoms with E-state index in [-0.39, 0.29) is 19.7 Å². The number of alkyl carbamates (subject to hydrolysis) is 1. The first kappa shape index (κ1) is 35.3. The summed E-state index contributed by atoms with van der Waals surface area (Å²) in [5.41, 5.74) is 1.98. The van der Waals surface area contributed by atoms with Gasteiger partial charge in [-0.25, -0.2) is 14.6 Å². The zero-order chi connectivity index (χ0) is 33.8. The zero-order valence-electron chi connectivity index (χ0n) is 26.0. The Bertz CT molecular complexity index is 1610. The first-order valence-electron chi connectivity index (χ1n) is 14.9. The quantitative estimate of drug-likeness (QED) is 0.140. The van der Waals surface area contributed by atoms with E-state index in [1.54, 1.807) is 18.2 Å². The number of carbonyl (C=O) groups is 5. The van der Waals surface area contributed by atoms with Crippen LogP contribution in [0.15, 0.2) is 53.5 Å². The third-order valence-corrected chi connectivity index (χ3v) is 9.03. The summed E-state index contributed by atoms with van der Waals surface area (Å²) in [6.45, 7) is 0.143. The summed E-state index contributed by atoms with van der Waals surface area (Å²) >= 11 is 2.69. The number of benzene rings is 2. The van der Waals surface area contributed by atoms with Crippen LogP contribution in [-0.2, 0) is 30.5 Å². The lowest BCUT2D eigenvalue weighted by Crippen LogP contribution is -2.50. The zero-order valence-corrected chi connectivity index (χ0v) is 27.6. The molecule has 14 nitrogen and oxygen atoms in total. The molecule has 2 unspecified atom stereocenters. The Balaban J connectivity index is 1.27. The van der Waals surface area contributed by atoms with Crippen molar-refractivity contribution >= 4 is 73.8 Å². The highest BCUT2D eigenvalue weighted by atomic mass is 32.2. The molecule has 2 atom stereocenters. The lowest BCUT2D eigenvalue weighted by atomic mass is 10.1. The van der Waals surface area contributed by atoms with Gasteiger partial charge in [-0.1, -0.05) is 30.3 Å². The number of aliphatic carboxylic acids is 1. The number of fused-ring (bicyclic) bond motifs is 1. The van der Waals surface area contributed by atoms with Crippen molar-refractivity contribution in [1.29, 1.82) is 0 Å². The number of nitrogens with one attached hydrogen (secondary N) is 4. The largest absolute Gasteiger partial charge is 0.480 e. The molecule has 2 aromatic carbocycles. The summed E-state index contributed by atoms with van der Waals surface area (Å²) in [5.74, 6) is -2.19. The highest BCUT2D eigenvalue weighted by molar-refractivity contribution is 8.15. The van der Waals surface area contributed by atoms with Crippen molar-refractivity contribution in [2.45, 2.75) is 38.0 Å². The van der Waals surface area contributed by atoms with Crippen LogP contribution in [0.1, 0.15) is 29.8 Å². The van der Waals surface area contributed by atoms with Gasteiger partial charge >= 0.3 is 12.1 Å². The molecule has 1 aliphatic heterocycles. The van der Waals surface area contributed by atoms with Crippen LogP contribution in [-0.4, -0.2) is 101 Å². The lowest BCUT2D eigenvalue weighted by molar-refractivity contribution is -0.137. The number of aliphatic imine (C=N–C) groups is 1. The number of hydrogen-bond acceptors (Lipinski definition) is 11. The number of hydrogen-bond donors (Lipinski definition) is 5. The molecule has 2 heterocycles. The van der Waals surface area contributed by atoms with Gasteiger partial charge in [0.15, 0.2) is 6.04 Å². The van der Waals surface area contributed by atoms with Gasteiger partial charge in [-0.2, -0.15) is 0 Å². The molecule has 1 aromatic heterocycles. The number of nitrogens with zero attached hydrogens (tertiary/aromatic N) is 3. The van der Waals surface area contributed by atoms with E-state index in [2.05, 4.69) is 31.2 Å². The molecule has 4 amide bonds. The van der Waals surface area contributed by atoms with Crippen LogP contribution in [0.25, 0.3) is 10.2 Å². The third kappa shape index (κ3) is 11.3. The molecule has 16 heteroatoms. The minimum absolute atomic E-state index is 0.0518. The van der Waals surface area contributed by atoms with Gasteiger partial charge in [0.1, 0.15) is 29.2 Å².